The third-order valence-corrected chi connectivity index (χ3v) is 7.90. The minimum Gasteiger partial charge on any atom is -0.491 e. The second kappa shape index (κ2) is 11.5. The van der Waals surface area contributed by atoms with Crippen LogP contribution in [0.1, 0.15) is 52.7 Å². The molecular weight excluding hydrogens is 481 g/mol. The topological polar surface area (TPSA) is 65.0 Å². The molecule has 3 atom stereocenters. The van der Waals surface area contributed by atoms with E-state index < -0.39 is 11.9 Å². The number of nitrogens with one attached hydrogen (secondary N) is 1. The van der Waals surface area contributed by atoms with Gasteiger partial charge in [-0.3, -0.25) is 9.69 Å². The quantitative estimate of drug-likeness (QED) is 0.518. The van der Waals surface area contributed by atoms with E-state index in [4.69, 9.17) is 16.3 Å². The van der Waals surface area contributed by atoms with Crippen molar-refractivity contribution < 1.29 is 19.0 Å². The van der Waals surface area contributed by atoms with E-state index in [9.17, 15) is 14.3 Å². The van der Waals surface area contributed by atoms with Crippen LogP contribution in [0, 0.1) is 19.7 Å². The number of carbonyl (C=O) groups is 1. The zero-order chi connectivity index (χ0) is 26.0. The van der Waals surface area contributed by atoms with Crippen LogP contribution in [0.15, 0.2) is 30.3 Å². The summed E-state index contributed by atoms with van der Waals surface area (Å²) in [5.41, 5.74) is 4.00. The van der Waals surface area contributed by atoms with Gasteiger partial charge in [0.15, 0.2) is 0 Å². The fourth-order valence-electron chi connectivity index (χ4n) is 5.59. The highest BCUT2D eigenvalue weighted by Crippen LogP contribution is 2.38. The van der Waals surface area contributed by atoms with E-state index in [2.05, 4.69) is 30.1 Å². The minimum absolute atomic E-state index is 0.0376. The predicted molar refractivity (Wildman–Crippen MR) is 140 cm³/mol. The highest BCUT2D eigenvalue weighted by molar-refractivity contribution is 6.31. The third-order valence-electron chi connectivity index (χ3n) is 7.61. The van der Waals surface area contributed by atoms with Gasteiger partial charge in [0.1, 0.15) is 24.3 Å². The highest BCUT2D eigenvalue weighted by Gasteiger charge is 2.41. The van der Waals surface area contributed by atoms with Crippen LogP contribution >= 0.6 is 11.6 Å². The first-order valence-electron chi connectivity index (χ1n) is 12.7. The van der Waals surface area contributed by atoms with Crippen molar-refractivity contribution in [3.8, 4) is 5.75 Å². The molecule has 0 saturated carbocycles. The lowest BCUT2D eigenvalue weighted by Gasteiger charge is -2.39. The van der Waals surface area contributed by atoms with E-state index >= 15 is 0 Å². The summed E-state index contributed by atoms with van der Waals surface area (Å²) in [6.45, 7) is 5.92. The molecular formula is C28H37ClFN3O3. The number of nitrogens with zero attached hydrogens (tertiary/aromatic N) is 2. The summed E-state index contributed by atoms with van der Waals surface area (Å²) in [7, 11) is 3.86. The Kier molecular flexibility index (Phi) is 8.56. The van der Waals surface area contributed by atoms with Gasteiger partial charge in [0.25, 0.3) is 5.91 Å². The van der Waals surface area contributed by atoms with Crippen LogP contribution in [-0.2, 0) is 6.54 Å². The third kappa shape index (κ3) is 6.20. The Morgan fingerprint density at radius 1 is 1.19 bits per heavy atom. The summed E-state index contributed by atoms with van der Waals surface area (Å²) in [5, 5.41) is 13.2. The number of hydrogen-bond acceptors (Lipinski definition) is 5. The summed E-state index contributed by atoms with van der Waals surface area (Å²) in [6, 6.07) is 9.19. The van der Waals surface area contributed by atoms with Crippen LogP contribution in [-0.4, -0.2) is 72.3 Å². The van der Waals surface area contributed by atoms with E-state index in [-0.39, 0.29) is 23.6 Å². The second-order valence-electron chi connectivity index (χ2n) is 10.5. The number of halogens is 2. The Balaban J connectivity index is 1.36. The van der Waals surface area contributed by atoms with Crippen molar-refractivity contribution >= 4 is 17.5 Å². The fraction of sp³-hybridized carbons (Fsp3) is 0.536. The van der Waals surface area contributed by atoms with Gasteiger partial charge >= 0.3 is 0 Å². The standard InChI is InChI=1S/C28H37ClFN3O3/c1-17-18(2)27(36-16-24(34)15-32(3)4)10-6-20(17)14-33-22-7-8-23(33)13-21(12-22)31-28(35)19-5-9-26(30)25(29)11-19/h5-6,9-11,21-24,34H,7-8,12-16H2,1-4H3,(H,31,35)/t21?,22?,23?,24-/m1/s1. The molecule has 8 heteroatoms. The van der Waals surface area contributed by atoms with Crippen LogP contribution in [0.25, 0.3) is 0 Å². The molecule has 2 aromatic rings. The zero-order valence-electron chi connectivity index (χ0n) is 21.6. The Labute approximate surface area is 218 Å². The molecule has 2 aliphatic heterocycles. The van der Waals surface area contributed by atoms with Crippen molar-refractivity contribution in [2.75, 3.05) is 27.2 Å². The van der Waals surface area contributed by atoms with Crippen molar-refractivity contribution in [3.05, 3.63) is 63.4 Å². The van der Waals surface area contributed by atoms with E-state index in [1.165, 1.54) is 29.3 Å². The maximum absolute atomic E-state index is 13.5. The molecule has 2 bridgehead atoms. The molecule has 0 aliphatic carbocycles. The van der Waals surface area contributed by atoms with Gasteiger partial charge in [0.05, 0.1) is 5.02 Å². The zero-order valence-corrected chi connectivity index (χ0v) is 22.3. The number of aliphatic hydroxyl groups excluding tert-OH is 1. The smallest absolute Gasteiger partial charge is 0.251 e. The molecule has 2 aromatic carbocycles. The van der Waals surface area contributed by atoms with E-state index in [1.54, 1.807) is 0 Å². The van der Waals surface area contributed by atoms with Gasteiger partial charge in [-0.1, -0.05) is 17.7 Å². The molecule has 2 aliphatic rings. The summed E-state index contributed by atoms with van der Waals surface area (Å²) in [4.78, 5) is 17.2. The predicted octanol–water partition coefficient (Wildman–Crippen LogP) is 4.32. The maximum Gasteiger partial charge on any atom is 0.251 e. The van der Waals surface area contributed by atoms with E-state index in [0.29, 0.717) is 24.2 Å². The van der Waals surface area contributed by atoms with Crippen molar-refractivity contribution in [1.82, 2.24) is 15.1 Å². The summed E-state index contributed by atoms with van der Waals surface area (Å²) in [6.07, 6.45) is 3.53. The van der Waals surface area contributed by atoms with E-state index in [0.717, 1.165) is 43.5 Å². The van der Waals surface area contributed by atoms with Crippen LogP contribution in [0.2, 0.25) is 5.02 Å². The minimum atomic E-state index is -0.531. The number of rotatable bonds is 9. The number of ether oxygens (including phenoxy) is 1. The molecule has 0 radical (unpaired) electrons. The molecule has 2 unspecified atom stereocenters. The van der Waals surface area contributed by atoms with Gasteiger partial charge < -0.3 is 20.1 Å². The lowest BCUT2D eigenvalue weighted by molar-refractivity contribution is 0.0817. The molecule has 36 heavy (non-hydrogen) atoms. The summed E-state index contributed by atoms with van der Waals surface area (Å²) >= 11 is 5.85. The van der Waals surface area contributed by atoms with Crippen molar-refractivity contribution in [2.45, 2.75) is 70.3 Å². The number of piperidine rings is 1. The molecule has 2 N–H and O–H groups in total. The SMILES string of the molecule is Cc1c(CN2C3CCC2CC(NC(=O)c2ccc(F)c(Cl)c2)C3)ccc(OC[C@H](O)CN(C)C)c1C. The van der Waals surface area contributed by atoms with Crippen molar-refractivity contribution in [1.29, 1.82) is 0 Å². The maximum atomic E-state index is 13.5. The Morgan fingerprint density at radius 3 is 2.53 bits per heavy atom. The van der Waals surface area contributed by atoms with Crippen LogP contribution in [0.5, 0.6) is 5.75 Å². The van der Waals surface area contributed by atoms with Gasteiger partial charge in [0.2, 0.25) is 0 Å². The number of amides is 1. The van der Waals surface area contributed by atoms with Crippen molar-refractivity contribution in [2.24, 2.45) is 0 Å². The molecule has 2 fully saturated rings. The van der Waals surface area contributed by atoms with Crippen molar-refractivity contribution in [3.63, 3.8) is 0 Å². The van der Waals surface area contributed by atoms with Crippen LogP contribution in [0.4, 0.5) is 4.39 Å². The number of likely N-dealkylation sites (N-methyl/N-ethyl adjacent to an activating group) is 1. The first-order valence-corrected chi connectivity index (χ1v) is 13.1. The number of carbonyl (C=O) groups excluding carboxylic acids is 1. The molecule has 2 saturated heterocycles. The average molecular weight is 518 g/mol. The average Bonchev–Trinajstić information content (AvgIpc) is 3.04. The molecule has 6 nitrogen and oxygen atoms in total. The lowest BCUT2D eigenvalue weighted by atomic mass is 9.94. The molecule has 4 rings (SSSR count). The van der Waals surface area contributed by atoms with Crippen LogP contribution in [0.3, 0.4) is 0 Å². The summed E-state index contributed by atoms with van der Waals surface area (Å²) in [5.74, 6) is 0.0958. The number of hydrogen-bond donors (Lipinski definition) is 2. The van der Waals surface area contributed by atoms with Gasteiger partial charge in [-0.15, -0.1) is 0 Å². The van der Waals surface area contributed by atoms with Gasteiger partial charge in [-0.05, 0) is 94.6 Å². The van der Waals surface area contributed by atoms with E-state index in [1.807, 2.05) is 25.1 Å². The Morgan fingerprint density at radius 2 is 1.89 bits per heavy atom. The summed E-state index contributed by atoms with van der Waals surface area (Å²) < 4.78 is 19.4. The number of aliphatic hydroxyl groups is 1. The number of fused-ring (bicyclic) bond motifs is 2. The Hall–Kier alpha value is -2.19. The monoisotopic (exact) mass is 517 g/mol. The second-order valence-corrected chi connectivity index (χ2v) is 10.9. The van der Waals surface area contributed by atoms with Gasteiger partial charge in [0, 0.05) is 36.8 Å². The normalized spacial score (nSPS) is 22.6. The molecule has 196 valence electrons. The Bertz CT molecular complexity index is 1080. The lowest BCUT2D eigenvalue weighted by Crippen LogP contribution is -2.50. The fourth-order valence-corrected chi connectivity index (χ4v) is 5.77. The number of benzene rings is 2. The molecule has 1 amide bonds. The van der Waals surface area contributed by atoms with Crippen LogP contribution < -0.4 is 10.1 Å². The molecule has 0 spiro atoms. The highest BCUT2D eigenvalue weighted by atomic mass is 35.5. The molecule has 2 heterocycles. The first kappa shape index (κ1) is 26.9. The molecule has 0 aromatic heterocycles. The van der Waals surface area contributed by atoms with Gasteiger partial charge in [-0.25, -0.2) is 4.39 Å². The largest absolute Gasteiger partial charge is 0.491 e. The first-order chi connectivity index (χ1) is 17.1. The van der Waals surface area contributed by atoms with Gasteiger partial charge in [-0.2, -0.15) is 0 Å².